The fraction of sp³-hybridized carbons (Fsp3) is 0.231. The van der Waals surface area contributed by atoms with Crippen LogP contribution in [0.5, 0.6) is 0 Å². The van der Waals surface area contributed by atoms with Crippen molar-refractivity contribution in [3.8, 4) is 0 Å². The highest BCUT2D eigenvalue weighted by atomic mass is 16.5. The number of aldehydes is 3. The van der Waals surface area contributed by atoms with Crippen LogP contribution in [0.25, 0.3) is 0 Å². The Balaban J connectivity index is 0.000000982. The van der Waals surface area contributed by atoms with Crippen LogP contribution in [0, 0.1) is 0 Å². The van der Waals surface area contributed by atoms with Crippen LogP contribution < -0.4 is 0 Å². The van der Waals surface area contributed by atoms with Crippen LogP contribution in [-0.2, 0) is 9.47 Å². The largest absolute Gasteiger partial charge is 0.465 e. The van der Waals surface area contributed by atoms with Gasteiger partial charge in [0.2, 0.25) is 0 Å². The van der Waals surface area contributed by atoms with Crippen molar-refractivity contribution in [3.05, 3.63) is 34.4 Å². The second-order valence-electron chi connectivity index (χ2n) is 3.32. The molecule has 0 saturated carbocycles. The van der Waals surface area contributed by atoms with Crippen LogP contribution in [0.1, 0.15) is 41.4 Å². The van der Waals surface area contributed by atoms with Gasteiger partial charge >= 0.3 is 5.97 Å². The maximum atomic E-state index is 11.3. The summed E-state index contributed by atoms with van der Waals surface area (Å²) < 4.78 is 8.70. The van der Waals surface area contributed by atoms with Gasteiger partial charge in [-0.1, -0.05) is 0 Å². The molecule has 6 nitrogen and oxygen atoms in total. The SMILES string of the molecule is COC.COC(=O)c1cc(C=O)c(C=O)cc1C=O. The first kappa shape index (κ1) is 16.7. The standard InChI is InChI=1S/C11H8O5.C2H6O/c1-16-11(15)10-3-8(5-13)7(4-12)2-9(10)6-14;1-3-2/h2-6H,1H3;1-2H3. The third kappa shape index (κ3) is 4.44. The molecule has 0 bridgehead atoms. The van der Waals surface area contributed by atoms with Crippen LogP contribution in [0.3, 0.4) is 0 Å². The van der Waals surface area contributed by atoms with Crippen molar-refractivity contribution in [2.24, 2.45) is 0 Å². The van der Waals surface area contributed by atoms with Gasteiger partial charge in [-0.2, -0.15) is 0 Å². The molecule has 1 rings (SSSR count). The minimum atomic E-state index is -0.734. The maximum absolute atomic E-state index is 11.3. The molecule has 0 fully saturated rings. The fourth-order valence-electron chi connectivity index (χ4n) is 1.24. The van der Waals surface area contributed by atoms with Crippen LogP contribution in [-0.4, -0.2) is 46.2 Å². The summed E-state index contributed by atoms with van der Waals surface area (Å²) in [5, 5.41) is 0. The normalized spacial score (nSPS) is 8.79. The first-order chi connectivity index (χ1) is 9.09. The smallest absolute Gasteiger partial charge is 0.338 e. The number of hydrogen-bond acceptors (Lipinski definition) is 6. The van der Waals surface area contributed by atoms with E-state index in [1.807, 2.05) is 0 Å². The van der Waals surface area contributed by atoms with Gasteiger partial charge in [0.1, 0.15) is 0 Å². The minimum Gasteiger partial charge on any atom is -0.465 e. The molecule has 0 saturated heterocycles. The molecule has 0 spiro atoms. The van der Waals surface area contributed by atoms with E-state index in [-0.39, 0.29) is 22.3 Å². The highest BCUT2D eigenvalue weighted by Gasteiger charge is 2.15. The van der Waals surface area contributed by atoms with Crippen molar-refractivity contribution in [1.29, 1.82) is 0 Å². The topological polar surface area (TPSA) is 86.7 Å². The van der Waals surface area contributed by atoms with E-state index in [1.54, 1.807) is 14.2 Å². The zero-order valence-electron chi connectivity index (χ0n) is 10.8. The number of methoxy groups -OCH3 is 2. The van der Waals surface area contributed by atoms with Gasteiger partial charge < -0.3 is 9.47 Å². The van der Waals surface area contributed by atoms with Gasteiger partial charge in [0, 0.05) is 30.9 Å². The van der Waals surface area contributed by atoms with Gasteiger partial charge in [0.15, 0.2) is 18.9 Å². The Bertz CT molecular complexity index is 478. The molecule has 1 aromatic rings. The van der Waals surface area contributed by atoms with E-state index < -0.39 is 5.97 Å². The summed E-state index contributed by atoms with van der Waals surface area (Å²) in [4.78, 5) is 43.2. The molecular weight excluding hydrogens is 252 g/mol. The van der Waals surface area contributed by atoms with E-state index in [0.717, 1.165) is 13.2 Å². The monoisotopic (exact) mass is 266 g/mol. The Morgan fingerprint density at radius 1 is 0.895 bits per heavy atom. The fourth-order valence-corrected chi connectivity index (χ4v) is 1.24. The summed E-state index contributed by atoms with van der Waals surface area (Å²) in [5.41, 5.74) is 0.0792. The number of carbonyl (C=O) groups excluding carboxylic acids is 4. The summed E-state index contributed by atoms with van der Waals surface area (Å²) in [6, 6.07) is 2.34. The predicted molar refractivity (Wildman–Crippen MR) is 66.9 cm³/mol. The lowest BCUT2D eigenvalue weighted by atomic mass is 10.0. The van der Waals surface area contributed by atoms with Gasteiger partial charge in [-0.3, -0.25) is 14.4 Å². The number of carbonyl (C=O) groups is 4. The Morgan fingerprint density at radius 2 is 1.32 bits per heavy atom. The molecule has 0 unspecified atom stereocenters. The predicted octanol–water partition coefficient (Wildman–Crippen LogP) is 1.17. The summed E-state index contributed by atoms with van der Waals surface area (Å²) in [5.74, 6) is -0.734. The number of hydrogen-bond donors (Lipinski definition) is 0. The van der Waals surface area contributed by atoms with E-state index in [4.69, 9.17) is 0 Å². The molecule has 102 valence electrons. The molecule has 0 aliphatic heterocycles. The molecular formula is C13H14O6. The molecule has 6 heteroatoms. The first-order valence-corrected chi connectivity index (χ1v) is 5.11. The summed E-state index contributed by atoms with van der Waals surface area (Å²) in [7, 11) is 4.41. The Hall–Kier alpha value is -2.34. The van der Waals surface area contributed by atoms with E-state index in [1.165, 1.54) is 6.07 Å². The van der Waals surface area contributed by atoms with Crippen LogP contribution in [0.4, 0.5) is 0 Å². The molecule has 0 aromatic heterocycles. The second-order valence-corrected chi connectivity index (χ2v) is 3.32. The third-order valence-corrected chi connectivity index (χ3v) is 2.04. The van der Waals surface area contributed by atoms with E-state index >= 15 is 0 Å². The third-order valence-electron chi connectivity index (χ3n) is 2.04. The van der Waals surface area contributed by atoms with Crippen molar-refractivity contribution >= 4 is 24.8 Å². The van der Waals surface area contributed by atoms with E-state index in [9.17, 15) is 19.2 Å². The Morgan fingerprint density at radius 3 is 1.68 bits per heavy atom. The number of benzene rings is 1. The lowest BCUT2D eigenvalue weighted by Crippen LogP contribution is -2.08. The van der Waals surface area contributed by atoms with E-state index in [0.29, 0.717) is 18.9 Å². The van der Waals surface area contributed by atoms with Gasteiger partial charge in [0.25, 0.3) is 0 Å². The van der Waals surface area contributed by atoms with Crippen molar-refractivity contribution in [2.45, 2.75) is 0 Å². The zero-order chi connectivity index (χ0) is 14.8. The average molecular weight is 266 g/mol. The molecule has 0 radical (unpaired) electrons. The Kier molecular flexibility index (Phi) is 7.64. The Labute approximate surface area is 110 Å². The van der Waals surface area contributed by atoms with Crippen LogP contribution >= 0.6 is 0 Å². The van der Waals surface area contributed by atoms with E-state index in [2.05, 4.69) is 9.47 Å². The van der Waals surface area contributed by atoms with Crippen molar-refractivity contribution in [3.63, 3.8) is 0 Å². The molecule has 1 aromatic carbocycles. The maximum Gasteiger partial charge on any atom is 0.338 e. The molecule has 0 atom stereocenters. The first-order valence-electron chi connectivity index (χ1n) is 5.11. The molecule has 0 aliphatic carbocycles. The molecule has 19 heavy (non-hydrogen) atoms. The summed E-state index contributed by atoms with van der Waals surface area (Å²) in [6.45, 7) is 0. The van der Waals surface area contributed by atoms with Crippen LogP contribution in [0.2, 0.25) is 0 Å². The molecule has 0 aliphatic rings. The summed E-state index contributed by atoms with van der Waals surface area (Å²) in [6.07, 6.45) is 1.30. The van der Waals surface area contributed by atoms with Crippen molar-refractivity contribution < 1.29 is 28.7 Å². The van der Waals surface area contributed by atoms with Crippen molar-refractivity contribution in [1.82, 2.24) is 0 Å². The van der Waals surface area contributed by atoms with Crippen LogP contribution in [0.15, 0.2) is 12.1 Å². The summed E-state index contributed by atoms with van der Waals surface area (Å²) >= 11 is 0. The average Bonchev–Trinajstić information content (AvgIpc) is 2.45. The molecule has 0 amide bonds. The van der Waals surface area contributed by atoms with Gasteiger partial charge in [0.05, 0.1) is 12.7 Å². The quantitative estimate of drug-likeness (QED) is 0.600. The number of rotatable bonds is 4. The lowest BCUT2D eigenvalue weighted by molar-refractivity contribution is 0.0598. The zero-order valence-corrected chi connectivity index (χ0v) is 10.8. The van der Waals surface area contributed by atoms with Gasteiger partial charge in [-0.15, -0.1) is 0 Å². The van der Waals surface area contributed by atoms with Gasteiger partial charge in [-0.05, 0) is 12.1 Å². The lowest BCUT2D eigenvalue weighted by Gasteiger charge is -2.05. The highest BCUT2D eigenvalue weighted by Crippen LogP contribution is 2.14. The highest BCUT2D eigenvalue weighted by molar-refractivity contribution is 6.02. The minimum absolute atomic E-state index is 0.0135. The molecule has 0 heterocycles. The second kappa shape index (κ2) is 8.71. The number of esters is 1. The molecule has 0 N–H and O–H groups in total. The van der Waals surface area contributed by atoms with Crippen molar-refractivity contribution in [2.75, 3.05) is 21.3 Å². The number of ether oxygens (including phenoxy) is 2. The van der Waals surface area contributed by atoms with Gasteiger partial charge in [-0.25, -0.2) is 4.79 Å².